The van der Waals surface area contributed by atoms with Gasteiger partial charge in [0.2, 0.25) is 0 Å². The summed E-state index contributed by atoms with van der Waals surface area (Å²) in [5.74, 6) is -0.426. The quantitative estimate of drug-likeness (QED) is 0.176. The number of hydrogen-bond acceptors (Lipinski definition) is 3. The average Bonchev–Trinajstić information content (AvgIpc) is 3.29. The topological polar surface area (TPSA) is 60.7 Å². The molecular formula is C33H47F7O3. The van der Waals surface area contributed by atoms with Crippen molar-refractivity contribution in [3.05, 3.63) is 47.6 Å². The zero-order chi connectivity index (χ0) is 37.6. The molecule has 3 aliphatic rings. The van der Waals surface area contributed by atoms with Crippen molar-refractivity contribution in [3.8, 4) is 0 Å². The van der Waals surface area contributed by atoms with E-state index in [-0.39, 0.29) is 49.2 Å². The van der Waals surface area contributed by atoms with Crippen molar-refractivity contribution in [2.75, 3.05) is 0 Å². The van der Waals surface area contributed by atoms with Gasteiger partial charge in [0.25, 0.3) is 5.60 Å². The Hall–Kier alpha value is -1.65. The van der Waals surface area contributed by atoms with Crippen LogP contribution in [0.15, 0.2) is 47.6 Å². The highest BCUT2D eigenvalue weighted by Crippen LogP contribution is 2.64. The summed E-state index contributed by atoms with van der Waals surface area (Å²) in [6, 6.07) is 0. The second kappa shape index (κ2) is 12.6. The molecule has 0 amide bonds. The van der Waals surface area contributed by atoms with Gasteiger partial charge in [0.1, 0.15) is 6.17 Å². The van der Waals surface area contributed by atoms with E-state index in [2.05, 4.69) is 6.58 Å². The molecule has 3 fully saturated rings. The van der Waals surface area contributed by atoms with Gasteiger partial charge in [-0.15, -0.1) is 0 Å². The first-order chi connectivity index (χ1) is 22.0. The molecule has 0 saturated heterocycles. The molecule has 6 atom stereocenters. The number of hydrogen-bond donors (Lipinski definition) is 3. The van der Waals surface area contributed by atoms with E-state index in [0.717, 1.165) is 5.57 Å². The number of halogens is 7. The Morgan fingerprint density at radius 1 is 1.05 bits per heavy atom. The number of fused-ring (bicyclic) bond motifs is 1. The third kappa shape index (κ3) is 7.78. The highest BCUT2D eigenvalue weighted by atomic mass is 19.4. The third-order valence-electron chi connectivity index (χ3n) is 10.1. The fourth-order valence-electron chi connectivity index (χ4n) is 7.83. The fraction of sp³-hybridized carbons (Fsp3) is 0.758. The Bertz CT molecular complexity index is 1280. The van der Waals surface area contributed by atoms with Crippen molar-refractivity contribution in [2.24, 2.45) is 22.7 Å². The second-order valence-electron chi connectivity index (χ2n) is 13.3. The summed E-state index contributed by atoms with van der Waals surface area (Å²) in [5, 5.41) is 30.6. The lowest BCUT2D eigenvalue weighted by Crippen LogP contribution is -2.55. The van der Waals surface area contributed by atoms with E-state index >= 15 is 0 Å². The Morgan fingerprint density at radius 3 is 2.30 bits per heavy atom. The highest BCUT2D eigenvalue weighted by molar-refractivity contribution is 5.39. The summed E-state index contributed by atoms with van der Waals surface area (Å²) in [5.41, 5.74) is -7.99. The Labute approximate surface area is 259 Å². The molecule has 43 heavy (non-hydrogen) atoms. The average molecular weight is 631 g/mol. The van der Waals surface area contributed by atoms with E-state index in [0.29, 0.717) is 43.8 Å². The molecule has 0 heterocycles. The maximum absolute atomic E-state index is 14.4. The number of allylic oxidation sites excluding steroid dienone is 5. The van der Waals surface area contributed by atoms with Gasteiger partial charge in [0.05, 0.1) is 11.7 Å². The van der Waals surface area contributed by atoms with Gasteiger partial charge in [-0.25, -0.2) is 4.39 Å². The zero-order valence-electron chi connectivity index (χ0n) is 30.6. The number of aliphatic hydroxyl groups excluding tert-OH is 1. The number of aliphatic hydroxyl groups is 3. The second-order valence-corrected chi connectivity index (χ2v) is 13.3. The van der Waals surface area contributed by atoms with Crippen LogP contribution in [0.2, 0.25) is 0 Å². The van der Waals surface area contributed by atoms with E-state index in [1.807, 2.05) is 13.0 Å². The summed E-state index contributed by atoms with van der Waals surface area (Å²) in [4.78, 5) is 0. The molecule has 3 nitrogen and oxygen atoms in total. The fourth-order valence-corrected chi connectivity index (χ4v) is 7.83. The molecule has 0 aliphatic heterocycles. The van der Waals surface area contributed by atoms with E-state index in [9.17, 15) is 46.1 Å². The van der Waals surface area contributed by atoms with Crippen LogP contribution in [-0.2, 0) is 0 Å². The van der Waals surface area contributed by atoms with Gasteiger partial charge in [-0.3, -0.25) is 0 Å². The first-order valence-corrected chi connectivity index (χ1v) is 14.7. The molecule has 2 unspecified atom stereocenters. The minimum Gasteiger partial charge on any atom is -0.393 e. The van der Waals surface area contributed by atoms with Gasteiger partial charge in [-0.2, -0.15) is 26.3 Å². The highest BCUT2D eigenvalue weighted by Gasteiger charge is 2.69. The molecule has 10 heteroatoms. The lowest BCUT2D eigenvalue weighted by molar-refractivity contribution is -0.347. The largest absolute Gasteiger partial charge is 0.429 e. The molecule has 0 bridgehead atoms. The normalized spacial score (nSPS) is 35.6. The summed E-state index contributed by atoms with van der Waals surface area (Å²) in [7, 11) is 0. The van der Waals surface area contributed by atoms with Gasteiger partial charge in [-0.1, -0.05) is 50.6 Å². The van der Waals surface area contributed by atoms with Crippen LogP contribution in [0.1, 0.15) is 106 Å². The molecule has 0 aromatic rings. The Balaban J connectivity index is 2.01. The van der Waals surface area contributed by atoms with Crippen LogP contribution in [0.5, 0.6) is 0 Å². The molecule has 0 radical (unpaired) electrons. The maximum atomic E-state index is 14.4. The molecule has 3 rings (SSSR count). The lowest BCUT2D eigenvalue weighted by atomic mass is 9.55. The van der Waals surface area contributed by atoms with Crippen molar-refractivity contribution in [1.29, 1.82) is 0 Å². The Morgan fingerprint density at radius 2 is 1.70 bits per heavy atom. The van der Waals surface area contributed by atoms with E-state index in [1.165, 1.54) is 0 Å². The van der Waals surface area contributed by atoms with Crippen molar-refractivity contribution < 1.29 is 54.3 Å². The van der Waals surface area contributed by atoms with Gasteiger partial charge < -0.3 is 15.3 Å². The summed E-state index contributed by atoms with van der Waals surface area (Å²) < 4.78 is 141. The minimum atomic E-state index is -6.07. The zero-order valence-corrected chi connectivity index (χ0v) is 24.6. The molecule has 0 aromatic heterocycles. The lowest BCUT2D eigenvalue weighted by Gasteiger charge is -2.49. The van der Waals surface area contributed by atoms with Crippen molar-refractivity contribution >= 4 is 0 Å². The molecule has 3 aliphatic carbocycles. The number of rotatable bonds is 9. The van der Waals surface area contributed by atoms with Crippen LogP contribution in [0.4, 0.5) is 30.7 Å². The van der Waals surface area contributed by atoms with Gasteiger partial charge >= 0.3 is 12.4 Å². The maximum Gasteiger partial charge on any atom is 0.429 e. The Kier molecular flexibility index (Phi) is 8.12. The first kappa shape index (κ1) is 27.6. The van der Waals surface area contributed by atoms with Gasteiger partial charge in [-0.05, 0) is 111 Å². The summed E-state index contributed by atoms with van der Waals surface area (Å²) in [6.45, 7) is 0.827. The van der Waals surface area contributed by atoms with E-state index in [4.69, 9.17) is 8.22 Å². The van der Waals surface area contributed by atoms with E-state index < -0.39 is 73.2 Å². The van der Waals surface area contributed by atoms with Crippen LogP contribution in [0.3, 0.4) is 0 Å². The van der Waals surface area contributed by atoms with Crippen molar-refractivity contribution in [3.63, 3.8) is 0 Å². The van der Waals surface area contributed by atoms with Crippen LogP contribution in [0.25, 0.3) is 0 Å². The first-order valence-electron chi connectivity index (χ1n) is 17.7. The van der Waals surface area contributed by atoms with Crippen molar-refractivity contribution in [1.82, 2.24) is 0 Å². The predicted molar refractivity (Wildman–Crippen MR) is 153 cm³/mol. The van der Waals surface area contributed by atoms with Crippen LogP contribution in [0, 0.1) is 22.7 Å². The molecule has 3 saturated carbocycles. The van der Waals surface area contributed by atoms with Crippen LogP contribution in [-0.4, -0.2) is 51.1 Å². The van der Waals surface area contributed by atoms with Crippen LogP contribution < -0.4 is 0 Å². The smallest absolute Gasteiger partial charge is 0.393 e. The standard InChI is InChI=1S/C33H47F7O3/c1-21-23(19-24(41)20-26(21)34)11-10-22-9-6-17-30(5)25(22)12-13-27(30)29(4,15-7-14-28(2,3)42)16-8-18-31(43,32(35,36)37)33(38,39)40/h8,10-11,18,24-27,41-43H,1,6-7,9,12-17,19-20H2,2-5H3/t24-,25?,26+,27-,29?,30+/m1/s1/i2D3,3D3. The minimum absolute atomic E-state index is 0.0401. The predicted octanol–water partition coefficient (Wildman–Crippen LogP) is 8.85. The number of alkyl halides is 7. The molecule has 246 valence electrons. The third-order valence-corrected chi connectivity index (χ3v) is 10.1. The van der Waals surface area contributed by atoms with E-state index in [1.54, 1.807) is 13.0 Å². The molecule has 0 spiro atoms. The summed E-state index contributed by atoms with van der Waals surface area (Å²) >= 11 is 0. The van der Waals surface area contributed by atoms with Crippen LogP contribution >= 0.6 is 0 Å². The summed E-state index contributed by atoms with van der Waals surface area (Å²) in [6.07, 6.45) is -8.51. The molecule has 3 N–H and O–H groups in total. The monoisotopic (exact) mass is 630 g/mol. The SMILES string of the molecule is [2H]C([2H])([2H])C(O)(CCCC(C)(CC=CC(O)(C(F)(F)F)C(F)(F)F)[C@H]1CCC2C(=CC=C3C[C@@H](O)C[C@H](F)C3=C)CCC[C@@]21C)C([2H])([2H])[2H]. The molecule has 0 aromatic carbocycles. The molecular weight excluding hydrogens is 577 g/mol. The van der Waals surface area contributed by atoms with Gasteiger partial charge in [0.15, 0.2) is 0 Å². The van der Waals surface area contributed by atoms with Crippen molar-refractivity contribution in [2.45, 2.75) is 134 Å². The van der Waals surface area contributed by atoms with Gasteiger partial charge in [0, 0.05) is 14.6 Å².